The molecule has 0 bridgehead atoms. The van der Waals surface area contributed by atoms with Crippen molar-refractivity contribution in [3.8, 4) is 0 Å². The summed E-state index contributed by atoms with van der Waals surface area (Å²) in [5, 5.41) is 6.05. The molecule has 19 heavy (non-hydrogen) atoms. The first-order valence-corrected chi connectivity index (χ1v) is 7.13. The van der Waals surface area contributed by atoms with Crippen LogP contribution in [0.3, 0.4) is 0 Å². The van der Waals surface area contributed by atoms with Gasteiger partial charge in [0, 0.05) is 13.1 Å². The van der Waals surface area contributed by atoms with E-state index in [9.17, 15) is 0 Å². The molecule has 2 aromatic carbocycles. The first-order valence-electron chi connectivity index (χ1n) is 7.13. The van der Waals surface area contributed by atoms with Gasteiger partial charge in [-0.3, -0.25) is 0 Å². The van der Waals surface area contributed by atoms with E-state index >= 15 is 0 Å². The fourth-order valence-electron chi connectivity index (χ4n) is 2.70. The molecule has 0 radical (unpaired) electrons. The van der Waals surface area contributed by atoms with Crippen molar-refractivity contribution in [3.63, 3.8) is 0 Å². The van der Waals surface area contributed by atoms with Crippen LogP contribution < -0.4 is 5.32 Å². The molecule has 1 aliphatic heterocycles. The maximum absolute atomic E-state index is 5.74. The Kier molecular flexibility index (Phi) is 3.81. The van der Waals surface area contributed by atoms with Crippen molar-refractivity contribution in [2.45, 2.75) is 25.9 Å². The normalized spacial score (nSPS) is 19.7. The maximum atomic E-state index is 5.74. The van der Waals surface area contributed by atoms with Crippen molar-refractivity contribution in [3.05, 3.63) is 47.5 Å². The molecule has 3 rings (SSSR count). The Balaban J connectivity index is 1.69. The van der Waals surface area contributed by atoms with Crippen LogP contribution in [0.4, 0.5) is 0 Å². The lowest BCUT2D eigenvalue weighted by molar-refractivity contribution is 0.0238. The summed E-state index contributed by atoms with van der Waals surface area (Å²) in [5.41, 5.74) is 2.73. The summed E-state index contributed by atoms with van der Waals surface area (Å²) >= 11 is 0. The molecule has 1 N–H and O–H groups in total. The molecule has 2 heteroatoms. The number of nitrogens with one attached hydrogen (secondary N) is 1. The van der Waals surface area contributed by atoms with Gasteiger partial charge in [0.25, 0.3) is 0 Å². The standard InChI is InChI=1S/C17H21NO/c1-13-2-5-16-11-14(3-6-15(16)10-13)4-7-17-12-18-8-9-19-17/h2-3,5-6,10-11,17-18H,4,7-9,12H2,1H3. The average Bonchev–Trinajstić information content (AvgIpc) is 2.46. The highest BCUT2D eigenvalue weighted by molar-refractivity contribution is 5.83. The van der Waals surface area contributed by atoms with Gasteiger partial charge in [-0.2, -0.15) is 0 Å². The van der Waals surface area contributed by atoms with Gasteiger partial charge in [0.1, 0.15) is 0 Å². The van der Waals surface area contributed by atoms with E-state index in [1.165, 1.54) is 21.9 Å². The third-order valence-electron chi connectivity index (χ3n) is 3.82. The van der Waals surface area contributed by atoms with Crippen molar-refractivity contribution in [1.82, 2.24) is 5.32 Å². The van der Waals surface area contributed by atoms with Crippen LogP contribution in [-0.4, -0.2) is 25.8 Å². The van der Waals surface area contributed by atoms with E-state index in [2.05, 4.69) is 48.6 Å². The van der Waals surface area contributed by atoms with Gasteiger partial charge in [0.05, 0.1) is 12.7 Å². The molecule has 2 aromatic rings. The predicted octanol–water partition coefficient (Wildman–Crippen LogP) is 3.07. The minimum atomic E-state index is 0.377. The second-order valence-electron chi connectivity index (χ2n) is 5.42. The Morgan fingerprint density at radius 3 is 2.84 bits per heavy atom. The first kappa shape index (κ1) is 12.6. The number of fused-ring (bicyclic) bond motifs is 1. The molecule has 100 valence electrons. The van der Waals surface area contributed by atoms with Crippen molar-refractivity contribution in [2.75, 3.05) is 19.7 Å². The summed E-state index contributed by atoms with van der Waals surface area (Å²) in [6.07, 6.45) is 2.57. The van der Waals surface area contributed by atoms with Crippen LogP contribution in [0.25, 0.3) is 10.8 Å². The quantitative estimate of drug-likeness (QED) is 0.910. The van der Waals surface area contributed by atoms with Crippen molar-refractivity contribution in [1.29, 1.82) is 0 Å². The van der Waals surface area contributed by atoms with Crippen LogP contribution in [0, 0.1) is 6.92 Å². The number of aryl methyl sites for hydroxylation is 2. The van der Waals surface area contributed by atoms with Gasteiger partial charge in [-0.05, 0) is 36.1 Å². The van der Waals surface area contributed by atoms with Gasteiger partial charge >= 0.3 is 0 Å². The summed E-state index contributed by atoms with van der Waals surface area (Å²) < 4.78 is 5.74. The molecule has 1 aliphatic rings. The Hall–Kier alpha value is -1.38. The molecule has 1 unspecified atom stereocenters. The Labute approximate surface area is 114 Å². The molecule has 1 atom stereocenters. The number of hydrogen-bond donors (Lipinski definition) is 1. The zero-order valence-electron chi connectivity index (χ0n) is 11.5. The Morgan fingerprint density at radius 2 is 2.00 bits per heavy atom. The average molecular weight is 255 g/mol. The fourth-order valence-corrected chi connectivity index (χ4v) is 2.70. The summed E-state index contributed by atoms with van der Waals surface area (Å²) in [7, 11) is 0. The molecule has 0 aromatic heterocycles. The molecule has 1 fully saturated rings. The number of hydrogen-bond acceptors (Lipinski definition) is 2. The Morgan fingerprint density at radius 1 is 1.16 bits per heavy atom. The monoisotopic (exact) mass is 255 g/mol. The second-order valence-corrected chi connectivity index (χ2v) is 5.42. The third kappa shape index (κ3) is 3.14. The van der Waals surface area contributed by atoms with Gasteiger partial charge in [-0.1, -0.05) is 42.0 Å². The Bertz CT molecular complexity index is 558. The molecular weight excluding hydrogens is 234 g/mol. The lowest BCUT2D eigenvalue weighted by Crippen LogP contribution is -2.38. The minimum absolute atomic E-state index is 0.377. The van der Waals surface area contributed by atoms with E-state index in [1.54, 1.807) is 0 Å². The molecule has 0 aliphatic carbocycles. The molecule has 0 spiro atoms. The maximum Gasteiger partial charge on any atom is 0.0703 e. The highest BCUT2D eigenvalue weighted by atomic mass is 16.5. The molecule has 1 saturated heterocycles. The van der Waals surface area contributed by atoms with Crippen molar-refractivity contribution >= 4 is 10.8 Å². The van der Waals surface area contributed by atoms with Gasteiger partial charge in [0.15, 0.2) is 0 Å². The van der Waals surface area contributed by atoms with Gasteiger partial charge in [0.2, 0.25) is 0 Å². The van der Waals surface area contributed by atoms with Crippen LogP contribution in [0.1, 0.15) is 17.5 Å². The highest BCUT2D eigenvalue weighted by Crippen LogP contribution is 2.19. The zero-order chi connectivity index (χ0) is 13.1. The van der Waals surface area contributed by atoms with Crippen LogP contribution in [0.15, 0.2) is 36.4 Å². The number of morpholine rings is 1. The van der Waals surface area contributed by atoms with E-state index in [0.29, 0.717) is 6.10 Å². The summed E-state index contributed by atoms with van der Waals surface area (Å²) in [6.45, 7) is 4.97. The third-order valence-corrected chi connectivity index (χ3v) is 3.82. The molecule has 1 heterocycles. The minimum Gasteiger partial charge on any atom is -0.376 e. The van der Waals surface area contributed by atoms with E-state index in [4.69, 9.17) is 4.74 Å². The largest absolute Gasteiger partial charge is 0.376 e. The fraction of sp³-hybridized carbons (Fsp3) is 0.412. The molecular formula is C17H21NO. The van der Waals surface area contributed by atoms with E-state index < -0.39 is 0 Å². The lowest BCUT2D eigenvalue weighted by Gasteiger charge is -2.23. The number of ether oxygens (including phenoxy) is 1. The van der Waals surface area contributed by atoms with Gasteiger partial charge < -0.3 is 10.1 Å². The first-order chi connectivity index (χ1) is 9.31. The summed E-state index contributed by atoms with van der Waals surface area (Å²) in [6, 6.07) is 13.4. The second kappa shape index (κ2) is 5.72. The van der Waals surface area contributed by atoms with Crippen LogP contribution >= 0.6 is 0 Å². The van der Waals surface area contributed by atoms with Gasteiger partial charge in [-0.15, -0.1) is 0 Å². The smallest absolute Gasteiger partial charge is 0.0703 e. The number of benzene rings is 2. The molecule has 0 saturated carbocycles. The van der Waals surface area contributed by atoms with Crippen LogP contribution in [0.5, 0.6) is 0 Å². The highest BCUT2D eigenvalue weighted by Gasteiger charge is 2.12. The van der Waals surface area contributed by atoms with E-state index in [0.717, 1.165) is 32.5 Å². The summed E-state index contributed by atoms with van der Waals surface area (Å²) in [4.78, 5) is 0. The van der Waals surface area contributed by atoms with Gasteiger partial charge in [-0.25, -0.2) is 0 Å². The molecule has 2 nitrogen and oxygen atoms in total. The van der Waals surface area contributed by atoms with Crippen molar-refractivity contribution < 1.29 is 4.74 Å². The van der Waals surface area contributed by atoms with Crippen molar-refractivity contribution in [2.24, 2.45) is 0 Å². The lowest BCUT2D eigenvalue weighted by atomic mass is 10.0. The topological polar surface area (TPSA) is 21.3 Å². The van der Waals surface area contributed by atoms with Crippen LogP contribution in [0.2, 0.25) is 0 Å². The summed E-state index contributed by atoms with van der Waals surface area (Å²) in [5.74, 6) is 0. The zero-order valence-corrected chi connectivity index (χ0v) is 11.5. The number of rotatable bonds is 3. The SMILES string of the molecule is Cc1ccc2cc(CCC3CNCCO3)ccc2c1. The van der Waals surface area contributed by atoms with E-state index in [-0.39, 0.29) is 0 Å². The van der Waals surface area contributed by atoms with E-state index in [1.807, 2.05) is 0 Å². The molecule has 0 amide bonds. The van der Waals surface area contributed by atoms with Crippen LogP contribution in [-0.2, 0) is 11.2 Å². The predicted molar refractivity (Wildman–Crippen MR) is 79.6 cm³/mol.